The van der Waals surface area contributed by atoms with Gasteiger partial charge in [-0.05, 0) is 64.6 Å². The van der Waals surface area contributed by atoms with Crippen LogP contribution in [0.2, 0.25) is 0 Å². The van der Waals surface area contributed by atoms with E-state index in [1.54, 1.807) is 0 Å². The molecule has 0 atom stereocenters. The molecule has 0 aromatic rings. The average molecular weight is 1760 g/mol. The van der Waals surface area contributed by atoms with E-state index in [9.17, 15) is 0 Å². The predicted molar refractivity (Wildman–Crippen MR) is 517 cm³/mol. The van der Waals surface area contributed by atoms with Gasteiger partial charge in [-0.2, -0.15) is 0 Å². The molecule has 0 nitrogen and oxygen atoms in total. The molecule has 0 amide bonds. The van der Waals surface area contributed by atoms with Crippen molar-refractivity contribution < 1.29 is 0 Å². The molecule has 0 heterocycles. The predicted octanol–water partition coefficient (Wildman–Crippen LogP) is 22.8. The standard InChI is InChI=1S/C144H2S/c1-2-3-4-5-6-7-8-9-10-11-12-13-14-15-16-17-18-19-20-21-22-23-24-25-26-27-28-29-30-31-32-33-34-35-36-37-38-39-40-41-42-43-44-45-46-47-48-49-50-51-52-53-54-55-56-57-58-59-60-61-62-63-64-65-66-67-68-69-70-71-72-73-74-75-76-77-78-79-80-81-82-83-84-85-86-87-88-89-90-91-92-93-94-95-96-97-98-99-100-101-102-103-104-105-106-107-108-109-110-111-112-113-114-115-116-117-118-119-120-121-122-123-124-125-126-127-128-129-130-131-132-133-134-135-136-137-138-139-140-141-142-143-144-145/h1H2. The van der Waals surface area contributed by atoms with Crippen LogP contribution in [0.3, 0.4) is 0 Å². The van der Waals surface area contributed by atoms with Gasteiger partial charge in [0.15, 0.2) is 0 Å². The summed E-state index contributed by atoms with van der Waals surface area (Å²) in [6.45, 7) is 3.32. The van der Waals surface area contributed by atoms with Gasteiger partial charge in [0.25, 0.3) is 0 Å². The van der Waals surface area contributed by atoms with Crippen LogP contribution < -0.4 is 0 Å². The van der Waals surface area contributed by atoms with Crippen LogP contribution in [0.5, 0.6) is 0 Å². The van der Waals surface area contributed by atoms with Crippen molar-refractivity contribution in [2.24, 2.45) is 0 Å². The largest absolute Gasteiger partial charge is 0.0687 e. The molecule has 0 aliphatic rings. The summed E-state index contributed by atoms with van der Waals surface area (Å²) in [6, 6.07) is 0. The third-order valence-corrected chi connectivity index (χ3v) is 8.99. The van der Waals surface area contributed by atoms with E-state index >= 15 is 0 Å². The van der Waals surface area contributed by atoms with E-state index in [-0.39, 0.29) is 0 Å². The number of rotatable bonds is 0. The molecule has 0 aromatic carbocycles. The zero-order chi connectivity index (χ0) is 103. The van der Waals surface area contributed by atoms with Crippen LogP contribution in [0.15, 0.2) is 820 Å². The molecule has 584 valence electrons. The maximum atomic E-state index is 4.41. The number of thiocarbonyl (C=S) groups is 1. The van der Waals surface area contributed by atoms with Gasteiger partial charge in [-0.1, -0.05) is 5.73 Å². The van der Waals surface area contributed by atoms with E-state index in [0.29, 0.717) is 0 Å². The molecule has 0 saturated heterocycles. The van der Waals surface area contributed by atoms with Gasteiger partial charge in [0.05, 0.1) is 0 Å². The Morgan fingerprint density at radius 2 is 0.0897 bits per heavy atom. The van der Waals surface area contributed by atoms with Crippen molar-refractivity contribution >= 4 is 17.2 Å². The Kier molecular flexibility index (Phi) is 88.3. The fourth-order valence-electron chi connectivity index (χ4n) is 4.41. The molecule has 0 fully saturated rings. The Labute approximate surface area is 831 Å². The lowest BCUT2D eigenvalue weighted by molar-refractivity contribution is 2.10. The second-order valence-electron chi connectivity index (χ2n) is 17.9. The van der Waals surface area contributed by atoms with Gasteiger partial charge in [0, 0.05) is 767 Å². The SMILES string of the molecule is C=C=C=C=C=C=C=C=C=C=C=C=C=C=C=C=C=C=C=C=C=C=C=C=C=C=C=C=C=C=C=C=C=C=C=C=C=C=C=C=C=C=C=C=C=C=C=C=C=C=C=C=C=C=C=C=C=C=C=C=C=C=C=C=C=C=C=C=C=C=C=C=C=C=C=C=C=C=C=C=C=C=C=C=C=C=C=C=C=C=C=C=C=C=C=C=C=C=C=C=C=C=C=C=C=C=C=C=C=C=C=C=C=C=C=C=C=C=C=C=C=C=C=C=C=C=C=C=C=C=C=C=C=C=C=C=C=C=C=C=C=C=C=C=S. The summed E-state index contributed by atoms with van der Waals surface area (Å²) in [7, 11) is 0. The smallest absolute Gasteiger partial charge is 0.0148 e. The molecule has 0 aliphatic heterocycles. The third-order valence-electron chi connectivity index (χ3n) is 8.89. The first-order chi connectivity index (χ1) is 72.4. The Balaban J connectivity index is 6.21. The first kappa shape index (κ1) is 114. The van der Waals surface area contributed by atoms with E-state index < -0.39 is 0 Å². The average Bonchev–Trinajstić information content (AvgIpc) is 1.11. The monoisotopic (exact) mass is 1760 g/mol. The van der Waals surface area contributed by atoms with Crippen LogP contribution in [0.4, 0.5) is 0 Å². The molecular formula is C144H2S. The minimum atomic E-state index is 2.21. The highest BCUT2D eigenvalue weighted by Crippen LogP contribution is 1.71. The molecule has 0 rings (SSSR count). The van der Waals surface area contributed by atoms with Gasteiger partial charge in [0.2, 0.25) is 0 Å². The molecule has 0 spiro atoms. The quantitative estimate of drug-likeness (QED) is 0.172. The lowest BCUT2D eigenvalue weighted by atomic mass is 10.6. The van der Waals surface area contributed by atoms with Gasteiger partial charge < -0.3 is 0 Å². The van der Waals surface area contributed by atoms with Crippen LogP contribution in [0.25, 0.3) is 0 Å². The molecule has 0 saturated carbocycles. The fourth-order valence-corrected chi connectivity index (χ4v) is 4.46. The highest BCUT2D eigenvalue weighted by atomic mass is 32.1. The molecule has 0 radical (unpaired) electrons. The number of hydrogen-bond acceptors (Lipinski definition) is 1. The molecule has 0 aliphatic carbocycles. The normalized spacial score (nSPS) is 3.97. The second-order valence-corrected chi connectivity index (χ2v) is 18.1. The van der Waals surface area contributed by atoms with E-state index in [0.717, 1.165) is 0 Å². The third kappa shape index (κ3) is 113. The van der Waals surface area contributed by atoms with Gasteiger partial charge in [0.1, 0.15) is 0 Å². The summed E-state index contributed by atoms with van der Waals surface area (Å²) >= 11 is 4.41. The van der Waals surface area contributed by atoms with Gasteiger partial charge in [-0.15, -0.1) is 0 Å². The van der Waals surface area contributed by atoms with Crippen molar-refractivity contribution in [2.45, 2.75) is 0 Å². The maximum Gasteiger partial charge on any atom is 0.0148 e. The Morgan fingerprint density at radius 1 is 0.0552 bits per heavy atom. The van der Waals surface area contributed by atoms with Crippen LogP contribution in [-0.2, 0) is 0 Å². The highest BCUT2D eigenvalue weighted by Gasteiger charge is 1.55. The minimum Gasteiger partial charge on any atom is -0.0687 e. The molecule has 145 heavy (non-hydrogen) atoms. The van der Waals surface area contributed by atoms with E-state index in [1.165, 1.54) is 0 Å². The zero-order valence-corrected chi connectivity index (χ0v) is 73.4. The van der Waals surface area contributed by atoms with E-state index in [1.807, 2.05) is 0 Å². The highest BCUT2D eigenvalue weighted by molar-refractivity contribution is 7.78. The second kappa shape index (κ2) is 113. The molecular weight excluding hydrogens is 1760 g/mol. The fraction of sp³-hybridized carbons (Fsp3) is 0. The van der Waals surface area contributed by atoms with Gasteiger partial charge in [-0.3, -0.25) is 0 Å². The van der Waals surface area contributed by atoms with Crippen LogP contribution >= 0.6 is 12.2 Å². The van der Waals surface area contributed by atoms with Gasteiger partial charge >= 0.3 is 0 Å². The zero-order valence-electron chi connectivity index (χ0n) is 72.6. The Bertz CT molecular complexity index is 10700. The van der Waals surface area contributed by atoms with Crippen molar-refractivity contribution in [3.05, 3.63) is 820 Å². The summed E-state index contributed by atoms with van der Waals surface area (Å²) < 4.78 is 0. The summed E-state index contributed by atoms with van der Waals surface area (Å²) in [5.74, 6) is 0. The van der Waals surface area contributed by atoms with Crippen molar-refractivity contribution in [3.8, 4) is 0 Å². The van der Waals surface area contributed by atoms with Crippen LogP contribution in [0.1, 0.15) is 0 Å². The lowest BCUT2D eigenvalue weighted by Gasteiger charge is -1.41. The minimum absolute atomic E-state index is 2.21. The molecule has 0 aromatic heterocycles. The maximum absolute atomic E-state index is 4.41. The van der Waals surface area contributed by atoms with Crippen molar-refractivity contribution in [3.63, 3.8) is 0 Å². The number of hydrogen-bond donors (Lipinski definition) is 0. The first-order valence-corrected chi connectivity index (χ1v) is 36.5. The molecule has 0 N–H and O–H groups in total. The summed E-state index contributed by atoms with van der Waals surface area (Å²) in [4.78, 5) is 0. The molecule has 0 unspecified atom stereocenters. The van der Waals surface area contributed by atoms with Crippen molar-refractivity contribution in [1.82, 2.24) is 0 Å². The van der Waals surface area contributed by atoms with Crippen LogP contribution in [-0.4, -0.2) is 5.02 Å². The Hall–Kier alpha value is -31.4. The van der Waals surface area contributed by atoms with E-state index in [2.05, 4.69) is 838 Å². The van der Waals surface area contributed by atoms with Crippen molar-refractivity contribution in [1.29, 1.82) is 0 Å². The van der Waals surface area contributed by atoms with E-state index in [4.69, 9.17) is 0 Å². The van der Waals surface area contributed by atoms with Crippen LogP contribution in [0, 0.1) is 0 Å². The van der Waals surface area contributed by atoms with Crippen molar-refractivity contribution in [2.75, 3.05) is 0 Å². The summed E-state index contributed by atoms with van der Waals surface area (Å²) in [5.41, 5.74) is 354. The molecule has 1 heteroatoms. The first-order valence-electron chi connectivity index (χ1n) is 36.1. The van der Waals surface area contributed by atoms with Gasteiger partial charge in [-0.25, -0.2) is 0 Å². The Morgan fingerprint density at radius 3 is 0.124 bits per heavy atom. The summed E-state index contributed by atoms with van der Waals surface area (Å²) in [6.07, 6.45) is 0. The summed E-state index contributed by atoms with van der Waals surface area (Å²) in [5, 5.41) is 2.21. The molecule has 0 bridgehead atoms. The lowest BCUT2D eigenvalue weighted by Crippen LogP contribution is -1.26. The topological polar surface area (TPSA) is 0 Å².